The molecule has 5 heteroatoms. The molecule has 2 aromatic carbocycles. The van der Waals surface area contributed by atoms with Crippen molar-refractivity contribution >= 4 is 17.5 Å². The zero-order chi connectivity index (χ0) is 17.8. The maximum atomic E-state index is 12.2. The maximum Gasteiger partial charge on any atom is 0.243 e. The normalized spacial score (nSPS) is 17.4. The van der Waals surface area contributed by atoms with Crippen molar-refractivity contribution < 1.29 is 9.59 Å². The van der Waals surface area contributed by atoms with Crippen LogP contribution in [0, 0.1) is 0 Å². The SMILES string of the molecule is CNC(=O)Cc1ccccc1-c1ccc(N2CCCC(N)C2=O)cc1. The molecule has 1 saturated heterocycles. The molecule has 1 heterocycles. The van der Waals surface area contributed by atoms with Crippen LogP contribution in [0.1, 0.15) is 18.4 Å². The fourth-order valence-corrected chi connectivity index (χ4v) is 3.20. The minimum atomic E-state index is -0.401. The molecule has 0 spiro atoms. The number of rotatable bonds is 4. The molecule has 2 aromatic rings. The highest BCUT2D eigenvalue weighted by atomic mass is 16.2. The molecule has 25 heavy (non-hydrogen) atoms. The Hall–Kier alpha value is -2.66. The standard InChI is InChI=1S/C20H23N3O2/c1-22-19(24)13-15-5-2-3-6-17(15)14-8-10-16(11-9-14)23-12-4-7-18(21)20(23)25/h2-3,5-6,8-11,18H,4,7,12-13,21H2,1H3,(H,22,24). The van der Waals surface area contributed by atoms with E-state index in [-0.39, 0.29) is 11.8 Å². The molecule has 3 rings (SSSR count). The van der Waals surface area contributed by atoms with Crippen molar-refractivity contribution in [1.82, 2.24) is 5.32 Å². The molecule has 1 aliphatic rings. The van der Waals surface area contributed by atoms with Gasteiger partial charge in [-0.1, -0.05) is 36.4 Å². The van der Waals surface area contributed by atoms with Crippen molar-refractivity contribution in [2.24, 2.45) is 5.73 Å². The van der Waals surface area contributed by atoms with Gasteiger partial charge in [-0.3, -0.25) is 9.59 Å². The first kappa shape index (κ1) is 17.2. The second-order valence-corrected chi connectivity index (χ2v) is 6.29. The summed E-state index contributed by atoms with van der Waals surface area (Å²) in [5, 5.41) is 2.66. The lowest BCUT2D eigenvalue weighted by atomic mass is 9.97. The lowest BCUT2D eigenvalue weighted by Gasteiger charge is -2.30. The number of amides is 2. The molecule has 0 aromatic heterocycles. The highest BCUT2D eigenvalue weighted by Crippen LogP contribution is 2.28. The predicted octanol–water partition coefficient (Wildman–Crippen LogP) is 2.10. The first-order valence-electron chi connectivity index (χ1n) is 8.56. The van der Waals surface area contributed by atoms with Crippen LogP contribution in [0.4, 0.5) is 5.69 Å². The molecule has 3 N–H and O–H groups in total. The van der Waals surface area contributed by atoms with E-state index in [1.807, 2.05) is 48.5 Å². The van der Waals surface area contributed by atoms with Gasteiger partial charge < -0.3 is 16.0 Å². The second kappa shape index (κ2) is 7.49. The van der Waals surface area contributed by atoms with E-state index < -0.39 is 6.04 Å². The number of piperidine rings is 1. The second-order valence-electron chi connectivity index (χ2n) is 6.29. The first-order chi connectivity index (χ1) is 12.1. The zero-order valence-corrected chi connectivity index (χ0v) is 14.4. The Morgan fingerprint density at radius 3 is 2.64 bits per heavy atom. The summed E-state index contributed by atoms with van der Waals surface area (Å²) in [5.41, 5.74) is 9.78. The van der Waals surface area contributed by atoms with Gasteiger partial charge in [0.15, 0.2) is 0 Å². The Morgan fingerprint density at radius 1 is 1.20 bits per heavy atom. The summed E-state index contributed by atoms with van der Waals surface area (Å²) in [6.45, 7) is 0.707. The van der Waals surface area contributed by atoms with Gasteiger partial charge in [0.2, 0.25) is 11.8 Å². The van der Waals surface area contributed by atoms with Gasteiger partial charge in [0, 0.05) is 19.3 Å². The van der Waals surface area contributed by atoms with Crippen molar-refractivity contribution in [3.05, 3.63) is 54.1 Å². The fourth-order valence-electron chi connectivity index (χ4n) is 3.20. The minimum absolute atomic E-state index is 0.0148. The first-order valence-corrected chi connectivity index (χ1v) is 8.56. The summed E-state index contributed by atoms with van der Waals surface area (Å²) in [7, 11) is 1.64. The van der Waals surface area contributed by atoms with Crippen LogP contribution >= 0.6 is 0 Å². The van der Waals surface area contributed by atoms with E-state index in [1.165, 1.54) is 0 Å². The van der Waals surface area contributed by atoms with Gasteiger partial charge in [-0.2, -0.15) is 0 Å². The molecule has 1 aliphatic heterocycles. The zero-order valence-electron chi connectivity index (χ0n) is 14.4. The molecular formula is C20H23N3O2. The average Bonchev–Trinajstić information content (AvgIpc) is 2.64. The number of carbonyl (C=O) groups excluding carboxylic acids is 2. The van der Waals surface area contributed by atoms with E-state index in [2.05, 4.69) is 5.32 Å². The fraction of sp³-hybridized carbons (Fsp3) is 0.300. The Labute approximate surface area is 147 Å². The van der Waals surface area contributed by atoms with Crippen LogP contribution in [0.3, 0.4) is 0 Å². The van der Waals surface area contributed by atoms with Gasteiger partial charge in [0.25, 0.3) is 0 Å². The summed E-state index contributed by atoms with van der Waals surface area (Å²) < 4.78 is 0. The van der Waals surface area contributed by atoms with Crippen molar-refractivity contribution in [2.75, 3.05) is 18.5 Å². The van der Waals surface area contributed by atoms with Crippen LogP contribution in [-0.4, -0.2) is 31.4 Å². The number of nitrogens with zero attached hydrogens (tertiary/aromatic N) is 1. The summed E-state index contributed by atoms with van der Waals surface area (Å²) in [5.74, 6) is -0.0315. The van der Waals surface area contributed by atoms with Crippen LogP contribution in [-0.2, 0) is 16.0 Å². The number of benzene rings is 2. The third kappa shape index (κ3) is 3.72. The van der Waals surface area contributed by atoms with Gasteiger partial charge in [0.05, 0.1) is 12.5 Å². The van der Waals surface area contributed by atoms with Crippen LogP contribution in [0.25, 0.3) is 11.1 Å². The monoisotopic (exact) mass is 337 g/mol. The number of hydrogen-bond acceptors (Lipinski definition) is 3. The van der Waals surface area contributed by atoms with E-state index >= 15 is 0 Å². The summed E-state index contributed by atoms with van der Waals surface area (Å²) in [4.78, 5) is 25.7. The molecule has 1 unspecified atom stereocenters. The molecule has 130 valence electrons. The van der Waals surface area contributed by atoms with E-state index in [4.69, 9.17) is 5.73 Å². The highest BCUT2D eigenvalue weighted by Gasteiger charge is 2.26. The van der Waals surface area contributed by atoms with Gasteiger partial charge in [-0.25, -0.2) is 0 Å². The summed E-state index contributed by atoms with van der Waals surface area (Å²) in [6, 6.07) is 15.3. The maximum absolute atomic E-state index is 12.2. The molecule has 0 radical (unpaired) electrons. The molecule has 1 fully saturated rings. The Morgan fingerprint density at radius 2 is 1.92 bits per heavy atom. The van der Waals surface area contributed by atoms with Gasteiger partial charge in [-0.15, -0.1) is 0 Å². The van der Waals surface area contributed by atoms with Crippen LogP contribution in [0.15, 0.2) is 48.5 Å². The van der Waals surface area contributed by atoms with Crippen molar-refractivity contribution in [3.63, 3.8) is 0 Å². The quantitative estimate of drug-likeness (QED) is 0.897. The van der Waals surface area contributed by atoms with E-state index in [9.17, 15) is 9.59 Å². The van der Waals surface area contributed by atoms with Gasteiger partial charge >= 0.3 is 0 Å². The van der Waals surface area contributed by atoms with E-state index in [0.29, 0.717) is 13.0 Å². The third-order valence-electron chi connectivity index (χ3n) is 4.62. The smallest absolute Gasteiger partial charge is 0.243 e. The van der Waals surface area contributed by atoms with E-state index in [1.54, 1.807) is 11.9 Å². The Balaban J connectivity index is 1.86. The Bertz CT molecular complexity index is 771. The predicted molar refractivity (Wildman–Crippen MR) is 99.2 cm³/mol. The van der Waals surface area contributed by atoms with Crippen molar-refractivity contribution in [2.45, 2.75) is 25.3 Å². The molecule has 0 saturated carbocycles. The minimum Gasteiger partial charge on any atom is -0.359 e. The highest BCUT2D eigenvalue weighted by molar-refractivity contribution is 5.98. The number of anilines is 1. The lowest BCUT2D eigenvalue weighted by molar-refractivity contribution is -0.121. The summed E-state index contributed by atoms with van der Waals surface area (Å²) in [6.07, 6.45) is 2.01. The van der Waals surface area contributed by atoms with Crippen LogP contribution in [0.5, 0.6) is 0 Å². The summed E-state index contributed by atoms with van der Waals surface area (Å²) >= 11 is 0. The van der Waals surface area contributed by atoms with Crippen LogP contribution < -0.4 is 16.0 Å². The number of nitrogens with one attached hydrogen (secondary N) is 1. The van der Waals surface area contributed by atoms with Crippen molar-refractivity contribution in [3.8, 4) is 11.1 Å². The van der Waals surface area contributed by atoms with E-state index in [0.717, 1.165) is 35.2 Å². The van der Waals surface area contributed by atoms with Gasteiger partial charge in [0.1, 0.15) is 0 Å². The third-order valence-corrected chi connectivity index (χ3v) is 4.62. The average molecular weight is 337 g/mol. The lowest BCUT2D eigenvalue weighted by Crippen LogP contribution is -2.48. The van der Waals surface area contributed by atoms with Crippen molar-refractivity contribution in [1.29, 1.82) is 0 Å². The number of hydrogen-bond donors (Lipinski definition) is 2. The van der Waals surface area contributed by atoms with Gasteiger partial charge in [-0.05, 0) is 41.7 Å². The molecule has 5 nitrogen and oxygen atoms in total. The number of carbonyl (C=O) groups is 2. The Kier molecular flexibility index (Phi) is 5.14. The topological polar surface area (TPSA) is 75.4 Å². The number of likely N-dealkylation sites (N-methyl/N-ethyl adjacent to an activating group) is 1. The van der Waals surface area contributed by atoms with Crippen LogP contribution in [0.2, 0.25) is 0 Å². The molecule has 0 aliphatic carbocycles. The molecule has 2 amide bonds. The molecular weight excluding hydrogens is 314 g/mol. The molecule has 1 atom stereocenters. The largest absolute Gasteiger partial charge is 0.359 e. The number of nitrogens with two attached hydrogens (primary N) is 1. The molecule has 0 bridgehead atoms.